The Kier molecular flexibility index (Phi) is 5.06. The van der Waals surface area contributed by atoms with E-state index in [1.165, 1.54) is 32.2 Å². The largest absolute Gasteiger partial charge is 0.367 e. The highest BCUT2D eigenvalue weighted by Crippen LogP contribution is 2.38. The predicted molar refractivity (Wildman–Crippen MR) is 121 cm³/mol. The van der Waals surface area contributed by atoms with Crippen molar-refractivity contribution in [3.63, 3.8) is 0 Å². The summed E-state index contributed by atoms with van der Waals surface area (Å²) in [6.45, 7) is 7.86. The molecule has 1 unspecified atom stereocenters. The van der Waals surface area contributed by atoms with Gasteiger partial charge in [0, 0.05) is 54.1 Å². The highest BCUT2D eigenvalue weighted by molar-refractivity contribution is 5.91. The van der Waals surface area contributed by atoms with E-state index in [0.29, 0.717) is 18.1 Å². The molecular formula is C23H31N7. The summed E-state index contributed by atoms with van der Waals surface area (Å²) in [5.74, 6) is 3.16. The van der Waals surface area contributed by atoms with Crippen molar-refractivity contribution in [3.8, 4) is 0 Å². The first-order chi connectivity index (χ1) is 14.5. The molecule has 2 aliphatic heterocycles. The minimum atomic E-state index is 0.449. The van der Waals surface area contributed by atoms with Crippen LogP contribution in [0.15, 0.2) is 30.5 Å². The van der Waals surface area contributed by atoms with E-state index in [9.17, 15) is 0 Å². The van der Waals surface area contributed by atoms with E-state index in [1.807, 2.05) is 31.3 Å². The normalized spacial score (nSPS) is 23.9. The van der Waals surface area contributed by atoms with E-state index < -0.39 is 0 Å². The average molecular weight is 406 g/mol. The zero-order valence-electron chi connectivity index (χ0n) is 18.0. The summed E-state index contributed by atoms with van der Waals surface area (Å²) in [4.78, 5) is 12.2. The van der Waals surface area contributed by atoms with Crippen LogP contribution in [0.5, 0.6) is 0 Å². The Morgan fingerprint density at radius 3 is 2.67 bits per heavy atom. The van der Waals surface area contributed by atoms with Gasteiger partial charge in [-0.3, -0.25) is 15.0 Å². The van der Waals surface area contributed by atoms with E-state index in [2.05, 4.69) is 50.6 Å². The molecule has 5 heterocycles. The summed E-state index contributed by atoms with van der Waals surface area (Å²) in [6.07, 6.45) is 6.85. The fraction of sp³-hybridized carbons (Fsp3) is 0.522. The van der Waals surface area contributed by atoms with Gasteiger partial charge in [-0.2, -0.15) is 5.10 Å². The van der Waals surface area contributed by atoms with Gasteiger partial charge in [-0.05, 0) is 50.7 Å². The monoisotopic (exact) mass is 405 g/mol. The van der Waals surface area contributed by atoms with Crippen molar-refractivity contribution in [1.29, 1.82) is 0 Å². The zero-order chi connectivity index (χ0) is 20.7. The van der Waals surface area contributed by atoms with Gasteiger partial charge in [0.2, 0.25) is 0 Å². The molecule has 0 spiro atoms. The minimum absolute atomic E-state index is 0.449. The quantitative estimate of drug-likeness (QED) is 0.561. The molecule has 3 aromatic heterocycles. The Morgan fingerprint density at radius 1 is 1.17 bits per heavy atom. The molecule has 2 bridgehead atoms. The molecule has 0 aromatic carbocycles. The number of H-pyrrole nitrogens is 1. The second-order valence-electron chi connectivity index (χ2n) is 9.28. The summed E-state index contributed by atoms with van der Waals surface area (Å²) >= 11 is 0. The van der Waals surface area contributed by atoms with Gasteiger partial charge in [-0.25, -0.2) is 4.98 Å². The first-order valence-corrected chi connectivity index (χ1v) is 11.1. The van der Waals surface area contributed by atoms with Gasteiger partial charge < -0.3 is 10.6 Å². The third-order valence-electron chi connectivity index (χ3n) is 6.36. The van der Waals surface area contributed by atoms with Crippen LogP contribution in [-0.2, 0) is 0 Å². The van der Waals surface area contributed by atoms with Gasteiger partial charge in [-0.1, -0.05) is 13.8 Å². The molecule has 3 N–H and O–H groups in total. The summed E-state index contributed by atoms with van der Waals surface area (Å²) in [5, 5.41) is 15.4. The number of hydrogen-bond donors (Lipinski definition) is 3. The smallest absolute Gasteiger partial charge is 0.153 e. The van der Waals surface area contributed by atoms with Crippen LogP contribution in [0.4, 0.5) is 17.5 Å². The number of nitrogens with zero attached hydrogens (tertiary/aromatic N) is 4. The Bertz CT molecular complexity index is 1010. The molecule has 3 aromatic rings. The van der Waals surface area contributed by atoms with Crippen LogP contribution in [0.3, 0.4) is 0 Å². The maximum atomic E-state index is 4.91. The lowest BCUT2D eigenvalue weighted by Crippen LogP contribution is -2.48. The molecule has 158 valence electrons. The zero-order valence-corrected chi connectivity index (χ0v) is 18.0. The van der Waals surface area contributed by atoms with E-state index in [0.717, 1.165) is 40.0 Å². The van der Waals surface area contributed by atoms with Gasteiger partial charge in [0.05, 0.1) is 5.52 Å². The molecule has 7 heteroatoms. The Hall–Kier alpha value is -2.67. The molecule has 2 saturated heterocycles. The van der Waals surface area contributed by atoms with Gasteiger partial charge in [0.25, 0.3) is 0 Å². The van der Waals surface area contributed by atoms with Crippen molar-refractivity contribution in [2.24, 2.45) is 5.92 Å². The van der Waals surface area contributed by atoms with E-state index >= 15 is 0 Å². The molecule has 2 aliphatic rings. The van der Waals surface area contributed by atoms with E-state index in [4.69, 9.17) is 4.98 Å². The summed E-state index contributed by atoms with van der Waals surface area (Å²) in [6, 6.07) is 9.88. The molecule has 0 saturated carbocycles. The van der Waals surface area contributed by atoms with Crippen LogP contribution in [0.1, 0.15) is 45.2 Å². The fourth-order valence-electron chi connectivity index (χ4n) is 5.17. The lowest BCUT2D eigenvalue weighted by atomic mass is 9.96. The number of aryl methyl sites for hydroxylation is 1. The van der Waals surface area contributed by atoms with Gasteiger partial charge >= 0.3 is 0 Å². The maximum Gasteiger partial charge on any atom is 0.153 e. The number of fused-ring (bicyclic) bond motifs is 3. The summed E-state index contributed by atoms with van der Waals surface area (Å²) in [7, 11) is 0. The number of hydrogen-bond acceptors (Lipinski definition) is 6. The van der Waals surface area contributed by atoms with Crippen LogP contribution >= 0.6 is 0 Å². The fourth-order valence-corrected chi connectivity index (χ4v) is 5.17. The van der Waals surface area contributed by atoms with Crippen LogP contribution in [0.25, 0.3) is 10.9 Å². The van der Waals surface area contributed by atoms with Crippen molar-refractivity contribution >= 4 is 28.4 Å². The predicted octanol–water partition coefficient (Wildman–Crippen LogP) is 4.47. The van der Waals surface area contributed by atoms with Crippen molar-refractivity contribution in [2.75, 3.05) is 17.2 Å². The van der Waals surface area contributed by atoms with Crippen LogP contribution < -0.4 is 10.6 Å². The lowest BCUT2D eigenvalue weighted by molar-refractivity contribution is 0.117. The van der Waals surface area contributed by atoms with Crippen molar-refractivity contribution in [3.05, 3.63) is 36.2 Å². The second-order valence-corrected chi connectivity index (χ2v) is 9.28. The second kappa shape index (κ2) is 7.87. The molecule has 3 atom stereocenters. The first kappa shape index (κ1) is 19.3. The third kappa shape index (κ3) is 3.86. The maximum absolute atomic E-state index is 4.91. The number of pyridine rings is 2. The lowest BCUT2D eigenvalue weighted by Gasteiger charge is -2.40. The van der Waals surface area contributed by atoms with Crippen molar-refractivity contribution in [2.45, 2.75) is 64.6 Å². The standard InChI is InChI=1S/C23H31N7/c1-14(2)13-30-17-6-7-18(30)11-16(10-17)25-23-19-5-4-8-24-20(19)12-21(27-23)26-22-9-15(3)28-29-22/h4-5,8-9,12,14,16-18H,6-7,10-11,13H2,1-3H3,(H3,25,26,27,28,29)/t16?,17-,18+. The van der Waals surface area contributed by atoms with Crippen LogP contribution in [-0.4, -0.2) is 49.7 Å². The molecular weight excluding hydrogens is 374 g/mol. The molecule has 30 heavy (non-hydrogen) atoms. The highest BCUT2D eigenvalue weighted by atomic mass is 15.2. The number of aromatic nitrogens is 4. The Morgan fingerprint density at radius 2 is 1.97 bits per heavy atom. The molecule has 0 aliphatic carbocycles. The third-order valence-corrected chi connectivity index (χ3v) is 6.36. The van der Waals surface area contributed by atoms with E-state index in [-0.39, 0.29) is 0 Å². The van der Waals surface area contributed by atoms with Crippen LogP contribution in [0.2, 0.25) is 0 Å². The van der Waals surface area contributed by atoms with Gasteiger partial charge in [0.15, 0.2) is 5.82 Å². The SMILES string of the molecule is Cc1cc(Nc2cc3ncccc3c(NC3C[C@H]4CC[C@@H](C3)N4CC(C)C)n2)n[nH]1. The van der Waals surface area contributed by atoms with Gasteiger partial charge in [0.1, 0.15) is 11.6 Å². The number of piperidine rings is 1. The van der Waals surface area contributed by atoms with Crippen molar-refractivity contribution < 1.29 is 0 Å². The molecule has 0 amide bonds. The number of aromatic amines is 1. The number of nitrogens with one attached hydrogen (secondary N) is 3. The van der Waals surface area contributed by atoms with Crippen molar-refractivity contribution in [1.82, 2.24) is 25.1 Å². The molecule has 7 nitrogen and oxygen atoms in total. The first-order valence-electron chi connectivity index (χ1n) is 11.1. The summed E-state index contributed by atoms with van der Waals surface area (Å²) < 4.78 is 0. The molecule has 2 fully saturated rings. The van der Waals surface area contributed by atoms with E-state index in [1.54, 1.807) is 0 Å². The average Bonchev–Trinajstić information content (AvgIpc) is 3.20. The molecule has 5 rings (SSSR count). The summed E-state index contributed by atoms with van der Waals surface area (Å²) in [5.41, 5.74) is 1.95. The topological polar surface area (TPSA) is 81.8 Å². The van der Waals surface area contributed by atoms with Crippen LogP contribution in [0, 0.1) is 12.8 Å². The van der Waals surface area contributed by atoms with Gasteiger partial charge in [-0.15, -0.1) is 0 Å². The highest BCUT2D eigenvalue weighted by Gasteiger charge is 2.40. The minimum Gasteiger partial charge on any atom is -0.367 e. The Labute approximate surface area is 177 Å². The number of rotatable bonds is 6. The molecule has 0 radical (unpaired) electrons. The Balaban J connectivity index is 1.39. The number of anilines is 3.